The summed E-state index contributed by atoms with van der Waals surface area (Å²) >= 11 is 7.43. The van der Waals surface area contributed by atoms with Crippen LogP contribution in [0.5, 0.6) is 0 Å². The Morgan fingerprint density at radius 2 is 2.35 bits per heavy atom. The van der Waals surface area contributed by atoms with Crippen LogP contribution >= 0.6 is 22.9 Å². The van der Waals surface area contributed by atoms with Crippen molar-refractivity contribution in [3.8, 4) is 0 Å². The summed E-state index contributed by atoms with van der Waals surface area (Å²) < 4.78 is 0. The molecule has 0 saturated carbocycles. The van der Waals surface area contributed by atoms with Gasteiger partial charge in [-0.1, -0.05) is 11.6 Å². The Balaban J connectivity index is 1.90. The van der Waals surface area contributed by atoms with Crippen molar-refractivity contribution in [1.29, 1.82) is 0 Å². The second-order valence-corrected chi connectivity index (χ2v) is 5.12. The number of pyridine rings is 1. The van der Waals surface area contributed by atoms with E-state index in [2.05, 4.69) is 20.7 Å². The molecule has 0 aliphatic heterocycles. The highest BCUT2D eigenvalue weighted by Gasteiger charge is 2.02. The fourth-order valence-corrected chi connectivity index (χ4v) is 2.25. The summed E-state index contributed by atoms with van der Waals surface area (Å²) in [4.78, 5) is 8.51. The molecule has 4 nitrogen and oxygen atoms in total. The van der Waals surface area contributed by atoms with Gasteiger partial charge in [0.2, 0.25) is 0 Å². The van der Waals surface area contributed by atoms with Crippen LogP contribution in [0.4, 0.5) is 11.5 Å². The van der Waals surface area contributed by atoms with E-state index >= 15 is 0 Å². The Morgan fingerprint density at radius 1 is 1.53 bits per heavy atom. The molecule has 0 fully saturated rings. The quantitative estimate of drug-likeness (QED) is 0.895. The lowest BCUT2D eigenvalue weighted by atomic mass is 10.3. The van der Waals surface area contributed by atoms with E-state index in [1.54, 1.807) is 23.6 Å². The van der Waals surface area contributed by atoms with Crippen LogP contribution in [0.15, 0.2) is 17.6 Å². The molecule has 2 heterocycles. The van der Waals surface area contributed by atoms with Crippen LogP contribution in [-0.4, -0.2) is 16.5 Å². The van der Waals surface area contributed by atoms with E-state index in [1.807, 2.05) is 6.92 Å². The van der Waals surface area contributed by atoms with E-state index in [-0.39, 0.29) is 0 Å². The minimum Gasteiger partial charge on any atom is -0.396 e. The van der Waals surface area contributed by atoms with Gasteiger partial charge in [0, 0.05) is 24.5 Å². The first-order chi connectivity index (χ1) is 8.15. The molecule has 0 amide bonds. The molecule has 0 aliphatic rings. The molecule has 0 radical (unpaired) electrons. The van der Waals surface area contributed by atoms with Crippen LogP contribution in [-0.2, 0) is 6.42 Å². The number of hydrogen-bond acceptors (Lipinski definition) is 5. The molecule has 6 heteroatoms. The summed E-state index contributed by atoms with van der Waals surface area (Å²) in [6.07, 6.45) is 2.43. The van der Waals surface area contributed by atoms with Crippen LogP contribution in [0.25, 0.3) is 0 Å². The number of aryl methyl sites for hydroxylation is 1. The number of thiazole rings is 1. The normalized spacial score (nSPS) is 10.5. The first kappa shape index (κ1) is 12.1. The number of nitrogens with one attached hydrogen (secondary N) is 1. The SMILES string of the molecule is Cc1nc(CCNc2ncc(Cl)cc2N)cs1. The highest BCUT2D eigenvalue weighted by Crippen LogP contribution is 2.19. The van der Waals surface area contributed by atoms with Gasteiger partial charge in [-0.15, -0.1) is 11.3 Å². The number of nitrogens with two attached hydrogens (primary N) is 1. The lowest BCUT2D eigenvalue weighted by molar-refractivity contribution is 0.961. The average Bonchev–Trinajstić information content (AvgIpc) is 2.68. The van der Waals surface area contributed by atoms with E-state index in [0.29, 0.717) is 16.5 Å². The van der Waals surface area contributed by atoms with Crippen LogP contribution < -0.4 is 11.1 Å². The summed E-state index contributed by atoms with van der Waals surface area (Å²) in [6.45, 7) is 2.75. The molecule has 0 atom stereocenters. The van der Waals surface area contributed by atoms with Gasteiger partial charge in [-0.05, 0) is 13.0 Å². The predicted octanol–water partition coefficient (Wildman–Crippen LogP) is 2.74. The van der Waals surface area contributed by atoms with Crippen molar-refractivity contribution in [3.05, 3.63) is 33.4 Å². The second-order valence-electron chi connectivity index (χ2n) is 3.63. The largest absolute Gasteiger partial charge is 0.396 e. The summed E-state index contributed by atoms with van der Waals surface area (Å²) in [7, 11) is 0. The molecule has 0 bridgehead atoms. The highest BCUT2D eigenvalue weighted by atomic mass is 35.5. The topological polar surface area (TPSA) is 63.8 Å². The van der Waals surface area contributed by atoms with Gasteiger partial charge in [0.15, 0.2) is 0 Å². The van der Waals surface area contributed by atoms with Crippen LogP contribution in [0.1, 0.15) is 10.7 Å². The van der Waals surface area contributed by atoms with Crippen molar-refractivity contribution < 1.29 is 0 Å². The van der Waals surface area contributed by atoms with E-state index in [9.17, 15) is 0 Å². The van der Waals surface area contributed by atoms with Gasteiger partial charge in [-0.25, -0.2) is 9.97 Å². The molecule has 0 aliphatic carbocycles. The van der Waals surface area contributed by atoms with E-state index in [4.69, 9.17) is 17.3 Å². The lowest BCUT2D eigenvalue weighted by Gasteiger charge is -2.07. The smallest absolute Gasteiger partial charge is 0.149 e. The first-order valence-electron chi connectivity index (χ1n) is 5.21. The van der Waals surface area contributed by atoms with E-state index in [1.165, 1.54) is 0 Å². The van der Waals surface area contributed by atoms with Gasteiger partial charge in [0.1, 0.15) is 5.82 Å². The molecule has 0 saturated heterocycles. The van der Waals surface area contributed by atoms with Crippen LogP contribution in [0.3, 0.4) is 0 Å². The number of halogens is 1. The Hall–Kier alpha value is -1.33. The summed E-state index contributed by atoms with van der Waals surface area (Å²) in [5.41, 5.74) is 7.43. The number of nitrogens with zero attached hydrogens (tertiary/aromatic N) is 2. The zero-order valence-electron chi connectivity index (χ0n) is 9.40. The van der Waals surface area contributed by atoms with Gasteiger partial charge in [0.05, 0.1) is 21.4 Å². The molecule has 17 heavy (non-hydrogen) atoms. The third-order valence-corrected chi connectivity index (χ3v) is 3.25. The maximum absolute atomic E-state index is 5.78. The number of anilines is 2. The molecule has 0 spiro atoms. The monoisotopic (exact) mass is 268 g/mol. The Morgan fingerprint density at radius 3 is 3.00 bits per heavy atom. The summed E-state index contributed by atoms with van der Waals surface area (Å²) in [6, 6.07) is 1.68. The minimum atomic E-state index is 0.545. The number of aromatic nitrogens is 2. The van der Waals surface area contributed by atoms with Gasteiger partial charge in [0.25, 0.3) is 0 Å². The maximum Gasteiger partial charge on any atom is 0.149 e. The van der Waals surface area contributed by atoms with Crippen LogP contribution in [0, 0.1) is 6.92 Å². The van der Waals surface area contributed by atoms with Crippen molar-refractivity contribution in [2.75, 3.05) is 17.6 Å². The summed E-state index contributed by atoms with van der Waals surface area (Å²) in [5, 5.41) is 6.86. The van der Waals surface area contributed by atoms with Crippen molar-refractivity contribution in [1.82, 2.24) is 9.97 Å². The lowest BCUT2D eigenvalue weighted by Crippen LogP contribution is -2.08. The van der Waals surface area contributed by atoms with Crippen molar-refractivity contribution >= 4 is 34.4 Å². The third kappa shape index (κ3) is 3.31. The Bertz CT molecular complexity index is 512. The number of hydrogen-bond donors (Lipinski definition) is 2. The van der Waals surface area contributed by atoms with Crippen molar-refractivity contribution in [2.45, 2.75) is 13.3 Å². The van der Waals surface area contributed by atoms with Crippen molar-refractivity contribution in [3.63, 3.8) is 0 Å². The van der Waals surface area contributed by atoms with Gasteiger partial charge < -0.3 is 11.1 Å². The van der Waals surface area contributed by atoms with E-state index < -0.39 is 0 Å². The average molecular weight is 269 g/mol. The fraction of sp³-hybridized carbons (Fsp3) is 0.273. The second kappa shape index (κ2) is 5.33. The number of rotatable bonds is 4. The highest BCUT2D eigenvalue weighted by molar-refractivity contribution is 7.09. The zero-order chi connectivity index (χ0) is 12.3. The van der Waals surface area contributed by atoms with E-state index in [0.717, 1.165) is 23.7 Å². The molecule has 2 aromatic heterocycles. The van der Waals surface area contributed by atoms with Crippen molar-refractivity contribution in [2.24, 2.45) is 0 Å². The Kier molecular flexibility index (Phi) is 3.81. The minimum absolute atomic E-state index is 0.545. The van der Waals surface area contributed by atoms with Gasteiger partial charge in [-0.2, -0.15) is 0 Å². The summed E-state index contributed by atoms with van der Waals surface area (Å²) in [5.74, 6) is 0.668. The van der Waals surface area contributed by atoms with Crippen LogP contribution in [0.2, 0.25) is 5.02 Å². The first-order valence-corrected chi connectivity index (χ1v) is 6.47. The molecule has 0 unspecified atom stereocenters. The molecular weight excluding hydrogens is 256 g/mol. The van der Waals surface area contributed by atoms with Gasteiger partial charge in [-0.3, -0.25) is 0 Å². The molecule has 2 aromatic rings. The predicted molar refractivity (Wildman–Crippen MR) is 72.7 cm³/mol. The Labute approximate surface area is 109 Å². The van der Waals surface area contributed by atoms with Gasteiger partial charge >= 0.3 is 0 Å². The molecule has 3 N–H and O–H groups in total. The molecular formula is C11H13ClN4S. The third-order valence-electron chi connectivity index (χ3n) is 2.22. The maximum atomic E-state index is 5.78. The zero-order valence-corrected chi connectivity index (χ0v) is 11.0. The fourth-order valence-electron chi connectivity index (χ4n) is 1.43. The number of nitrogen functional groups attached to an aromatic ring is 1. The molecule has 2 rings (SSSR count). The standard InChI is InChI=1S/C11H13ClN4S/c1-7-16-9(6-17-7)2-3-14-11-10(13)4-8(12)5-15-11/h4-6H,2-3,13H2,1H3,(H,14,15). The molecule has 0 aromatic carbocycles. The molecule has 90 valence electrons.